The minimum Gasteiger partial charge on any atom is -0.353 e. The molecule has 1 heterocycles. The highest BCUT2D eigenvalue weighted by Gasteiger charge is 2.39. The summed E-state index contributed by atoms with van der Waals surface area (Å²) in [7, 11) is 0. The van der Waals surface area contributed by atoms with E-state index < -0.39 is 0 Å². The molecule has 0 bridgehead atoms. The maximum Gasteiger partial charge on any atom is 0.224 e. The predicted molar refractivity (Wildman–Crippen MR) is 78.9 cm³/mol. The summed E-state index contributed by atoms with van der Waals surface area (Å²) in [4.78, 5) is 12.3. The molecular weight excluding hydrogens is 236 g/mol. The fraction of sp³-hybridized carbons (Fsp3) is 0.938. The van der Waals surface area contributed by atoms with Crippen LogP contribution in [0.3, 0.4) is 0 Å². The summed E-state index contributed by atoms with van der Waals surface area (Å²) in [5.74, 6) is 0.451. The third-order valence-corrected chi connectivity index (χ3v) is 4.57. The molecule has 0 spiro atoms. The molecule has 1 atom stereocenters. The molecule has 3 nitrogen and oxygen atoms in total. The average Bonchev–Trinajstić information content (AvgIpc) is 2.25. The van der Waals surface area contributed by atoms with Gasteiger partial charge in [0, 0.05) is 12.6 Å². The molecule has 19 heavy (non-hydrogen) atoms. The Morgan fingerprint density at radius 2 is 1.79 bits per heavy atom. The second-order valence-corrected chi connectivity index (χ2v) is 8.16. The number of rotatable bonds is 2. The van der Waals surface area contributed by atoms with Gasteiger partial charge in [0.2, 0.25) is 5.91 Å². The molecule has 0 aromatic heterocycles. The lowest BCUT2D eigenvalue weighted by atomic mass is 9.63. The van der Waals surface area contributed by atoms with Crippen LogP contribution >= 0.6 is 0 Å². The van der Waals surface area contributed by atoms with Crippen LogP contribution < -0.4 is 10.6 Å². The lowest BCUT2D eigenvalue weighted by Gasteiger charge is -2.45. The largest absolute Gasteiger partial charge is 0.353 e. The molecular formula is C16H30N2O. The van der Waals surface area contributed by atoms with Crippen molar-refractivity contribution in [1.29, 1.82) is 0 Å². The van der Waals surface area contributed by atoms with E-state index in [-0.39, 0.29) is 11.8 Å². The zero-order chi connectivity index (χ0) is 14.1. The second-order valence-electron chi connectivity index (χ2n) is 8.16. The number of carbonyl (C=O) groups is 1. The number of nitrogens with one attached hydrogen (secondary N) is 2. The van der Waals surface area contributed by atoms with Crippen molar-refractivity contribution in [2.75, 3.05) is 13.1 Å². The van der Waals surface area contributed by atoms with Gasteiger partial charge < -0.3 is 10.6 Å². The number of hydrogen-bond donors (Lipinski definition) is 2. The molecule has 1 saturated carbocycles. The normalized spacial score (nSPS) is 30.8. The maximum atomic E-state index is 12.3. The van der Waals surface area contributed by atoms with Gasteiger partial charge in [-0.15, -0.1) is 0 Å². The summed E-state index contributed by atoms with van der Waals surface area (Å²) in [6.45, 7) is 11.2. The van der Waals surface area contributed by atoms with Crippen molar-refractivity contribution in [1.82, 2.24) is 10.6 Å². The van der Waals surface area contributed by atoms with E-state index in [1.807, 2.05) is 0 Å². The standard InChI is InChI=1S/C16H30N2O/c1-15(2)8-13(9-16(3,4)11-15)18-14(19)12-6-5-7-17-10-12/h12-13,17H,5-11H2,1-4H3,(H,18,19). The molecule has 2 rings (SSSR count). The predicted octanol–water partition coefficient (Wildman–Crippen LogP) is 2.71. The Morgan fingerprint density at radius 3 is 2.32 bits per heavy atom. The molecule has 2 aliphatic rings. The van der Waals surface area contributed by atoms with Crippen LogP contribution in [-0.4, -0.2) is 25.0 Å². The van der Waals surface area contributed by atoms with Crippen molar-refractivity contribution in [3.63, 3.8) is 0 Å². The quantitative estimate of drug-likeness (QED) is 0.807. The van der Waals surface area contributed by atoms with Crippen molar-refractivity contribution >= 4 is 5.91 Å². The number of amides is 1. The van der Waals surface area contributed by atoms with Crippen molar-refractivity contribution in [2.45, 2.75) is 65.8 Å². The molecule has 1 saturated heterocycles. The molecule has 1 aliphatic heterocycles. The number of carbonyl (C=O) groups excluding carboxylic acids is 1. The van der Waals surface area contributed by atoms with Crippen LogP contribution in [0.2, 0.25) is 0 Å². The number of hydrogen-bond acceptors (Lipinski definition) is 2. The topological polar surface area (TPSA) is 41.1 Å². The van der Waals surface area contributed by atoms with E-state index in [9.17, 15) is 4.79 Å². The maximum absolute atomic E-state index is 12.3. The monoisotopic (exact) mass is 266 g/mol. The van der Waals surface area contributed by atoms with Gasteiger partial charge in [-0.25, -0.2) is 0 Å². The van der Waals surface area contributed by atoms with Gasteiger partial charge in [0.1, 0.15) is 0 Å². The van der Waals surface area contributed by atoms with Crippen molar-refractivity contribution < 1.29 is 4.79 Å². The van der Waals surface area contributed by atoms with Crippen LogP contribution in [0.25, 0.3) is 0 Å². The summed E-state index contributed by atoms with van der Waals surface area (Å²) in [5.41, 5.74) is 0.676. The lowest BCUT2D eigenvalue weighted by molar-refractivity contribution is -0.127. The van der Waals surface area contributed by atoms with Gasteiger partial charge in [-0.3, -0.25) is 4.79 Å². The SMILES string of the molecule is CC1(C)CC(NC(=O)C2CCCNC2)CC(C)(C)C1. The highest BCUT2D eigenvalue weighted by Crippen LogP contribution is 2.45. The minimum absolute atomic E-state index is 0.182. The van der Waals surface area contributed by atoms with Crippen molar-refractivity contribution in [3.05, 3.63) is 0 Å². The molecule has 1 aliphatic carbocycles. The third-order valence-electron chi connectivity index (χ3n) is 4.57. The molecule has 2 fully saturated rings. The van der Waals surface area contributed by atoms with Crippen LogP contribution in [0.1, 0.15) is 59.8 Å². The Labute approximate surface area is 117 Å². The molecule has 0 aromatic carbocycles. The smallest absolute Gasteiger partial charge is 0.224 e. The van der Waals surface area contributed by atoms with Crippen molar-refractivity contribution in [3.8, 4) is 0 Å². The van der Waals surface area contributed by atoms with Crippen molar-refractivity contribution in [2.24, 2.45) is 16.7 Å². The van der Waals surface area contributed by atoms with E-state index in [2.05, 4.69) is 38.3 Å². The molecule has 2 N–H and O–H groups in total. The van der Waals surface area contributed by atoms with Crippen LogP contribution in [-0.2, 0) is 4.79 Å². The first-order chi connectivity index (χ1) is 8.77. The Kier molecular flexibility index (Phi) is 4.24. The Hall–Kier alpha value is -0.570. The Balaban J connectivity index is 1.92. The zero-order valence-corrected chi connectivity index (χ0v) is 13.0. The summed E-state index contributed by atoms with van der Waals surface area (Å²) in [6, 6.07) is 0.355. The first-order valence-corrected chi connectivity index (χ1v) is 7.79. The average molecular weight is 266 g/mol. The molecule has 0 radical (unpaired) electrons. The van der Waals surface area contributed by atoms with E-state index >= 15 is 0 Å². The van der Waals surface area contributed by atoms with Crippen LogP contribution in [0.5, 0.6) is 0 Å². The first-order valence-electron chi connectivity index (χ1n) is 7.79. The second kappa shape index (κ2) is 5.43. The van der Waals surface area contributed by atoms with Gasteiger partial charge in [0.15, 0.2) is 0 Å². The summed E-state index contributed by atoms with van der Waals surface area (Å²) in [5, 5.41) is 6.65. The van der Waals surface area contributed by atoms with Gasteiger partial charge in [-0.1, -0.05) is 27.7 Å². The first kappa shape index (κ1) is 14.8. The zero-order valence-electron chi connectivity index (χ0n) is 13.0. The fourth-order valence-corrected chi connectivity index (χ4v) is 4.34. The van der Waals surface area contributed by atoms with Gasteiger partial charge in [-0.05, 0) is 49.5 Å². The van der Waals surface area contributed by atoms with Crippen LogP contribution in [0.15, 0.2) is 0 Å². The minimum atomic E-state index is 0.182. The van der Waals surface area contributed by atoms with Crippen LogP contribution in [0.4, 0.5) is 0 Å². The van der Waals surface area contributed by atoms with E-state index in [4.69, 9.17) is 0 Å². The molecule has 110 valence electrons. The van der Waals surface area contributed by atoms with Gasteiger partial charge in [-0.2, -0.15) is 0 Å². The summed E-state index contributed by atoms with van der Waals surface area (Å²) >= 11 is 0. The Bertz CT molecular complexity index is 314. The summed E-state index contributed by atoms with van der Waals surface area (Å²) < 4.78 is 0. The van der Waals surface area contributed by atoms with Gasteiger partial charge in [0.05, 0.1) is 5.92 Å². The number of piperidine rings is 1. The van der Waals surface area contributed by atoms with E-state index in [0.29, 0.717) is 16.9 Å². The molecule has 3 heteroatoms. The molecule has 1 amide bonds. The lowest BCUT2D eigenvalue weighted by Crippen LogP contribution is -2.49. The summed E-state index contributed by atoms with van der Waals surface area (Å²) in [6.07, 6.45) is 5.64. The van der Waals surface area contributed by atoms with E-state index in [1.54, 1.807) is 0 Å². The molecule has 0 aromatic rings. The fourth-order valence-electron chi connectivity index (χ4n) is 4.34. The van der Waals surface area contributed by atoms with Gasteiger partial charge in [0.25, 0.3) is 0 Å². The highest BCUT2D eigenvalue weighted by molar-refractivity contribution is 5.79. The van der Waals surface area contributed by atoms with Gasteiger partial charge >= 0.3 is 0 Å². The van der Waals surface area contributed by atoms with E-state index in [1.165, 1.54) is 6.42 Å². The third kappa shape index (κ3) is 4.20. The molecule has 1 unspecified atom stereocenters. The Morgan fingerprint density at radius 1 is 1.16 bits per heavy atom. The highest BCUT2D eigenvalue weighted by atomic mass is 16.2. The van der Waals surface area contributed by atoms with Crippen LogP contribution in [0, 0.1) is 16.7 Å². The van der Waals surface area contributed by atoms with E-state index in [0.717, 1.165) is 38.8 Å².